The fraction of sp³-hybridized carbons (Fsp3) is 0.120. The second kappa shape index (κ2) is 9.44. The molecule has 1 aliphatic rings. The number of amides is 1. The quantitative estimate of drug-likeness (QED) is 0.344. The van der Waals surface area contributed by atoms with Crippen LogP contribution in [0.25, 0.3) is 11.3 Å². The van der Waals surface area contributed by atoms with E-state index in [9.17, 15) is 9.59 Å². The largest absolute Gasteiger partial charge is 0.478 e. The van der Waals surface area contributed by atoms with Crippen LogP contribution in [0.15, 0.2) is 64.1 Å². The molecule has 180 valence electrons. The summed E-state index contributed by atoms with van der Waals surface area (Å²) in [4.78, 5) is 34.6. The van der Waals surface area contributed by atoms with Crippen molar-refractivity contribution in [3.63, 3.8) is 0 Å². The molecular weight excluding hydrogens is 496 g/mol. The maximum Gasteiger partial charge on any atom is 0.335 e. The molecule has 0 saturated carbocycles. The van der Waals surface area contributed by atoms with Crippen molar-refractivity contribution < 1.29 is 14.7 Å². The lowest BCUT2D eigenvalue weighted by atomic mass is 10.0. The number of aromatic nitrogens is 2. The predicted octanol–water partition coefficient (Wildman–Crippen LogP) is 5.11. The average molecular weight is 517 g/mol. The van der Waals surface area contributed by atoms with E-state index in [0.717, 1.165) is 27.3 Å². The Labute approximate surface area is 214 Å². The summed E-state index contributed by atoms with van der Waals surface area (Å²) in [7, 11) is 0. The number of hydrogen-bond donors (Lipinski definition) is 2. The minimum absolute atomic E-state index is 0.159. The van der Waals surface area contributed by atoms with Gasteiger partial charge in [0.2, 0.25) is 10.3 Å². The third-order valence-electron chi connectivity index (χ3n) is 5.54. The van der Waals surface area contributed by atoms with E-state index in [2.05, 4.69) is 25.6 Å². The zero-order valence-electron chi connectivity index (χ0n) is 19.5. The molecule has 2 aromatic carbocycles. The Bertz CT molecular complexity index is 1520. The van der Waals surface area contributed by atoms with E-state index in [1.54, 1.807) is 17.5 Å². The number of carbonyl (C=O) groups excluding carboxylic acids is 1. The van der Waals surface area contributed by atoms with Gasteiger partial charge in [-0.05, 0) is 32.9 Å². The van der Waals surface area contributed by atoms with E-state index in [1.165, 1.54) is 39.8 Å². The molecular formula is C25H20N6O3S2. The van der Waals surface area contributed by atoms with Gasteiger partial charge in [0.05, 0.1) is 17.0 Å². The molecule has 36 heavy (non-hydrogen) atoms. The van der Waals surface area contributed by atoms with Crippen molar-refractivity contribution in [3.05, 3.63) is 81.2 Å². The number of aromatic carboxylic acids is 1. The number of hydrogen-bond acceptors (Lipinski definition) is 9. The molecule has 1 aliphatic heterocycles. The van der Waals surface area contributed by atoms with Crippen molar-refractivity contribution in [2.24, 2.45) is 10.2 Å². The number of thiazole rings is 2. The minimum Gasteiger partial charge on any atom is -0.478 e. The van der Waals surface area contributed by atoms with E-state index in [-0.39, 0.29) is 11.3 Å². The SMILES string of the molecule is Cc1ccc(C2=NN(c3nc(-c4ccc(C(=O)O)cc4)cs3)C(=O)/C2=N\Nc2nc(C)c(C)s2)cc1. The zero-order valence-corrected chi connectivity index (χ0v) is 21.1. The van der Waals surface area contributed by atoms with Crippen LogP contribution in [0.1, 0.15) is 32.1 Å². The van der Waals surface area contributed by atoms with Gasteiger partial charge in [0.1, 0.15) is 5.71 Å². The third kappa shape index (κ3) is 4.53. The van der Waals surface area contributed by atoms with E-state index < -0.39 is 11.9 Å². The van der Waals surface area contributed by atoms with Gasteiger partial charge in [0.15, 0.2) is 5.71 Å². The van der Waals surface area contributed by atoms with Crippen LogP contribution < -0.4 is 10.4 Å². The van der Waals surface area contributed by atoms with Gasteiger partial charge in [-0.25, -0.2) is 14.8 Å². The van der Waals surface area contributed by atoms with Gasteiger partial charge in [-0.1, -0.05) is 42.0 Å². The molecule has 11 heteroatoms. The van der Waals surface area contributed by atoms with E-state index >= 15 is 0 Å². The Morgan fingerprint density at radius 2 is 1.69 bits per heavy atom. The molecule has 0 spiro atoms. The van der Waals surface area contributed by atoms with Crippen molar-refractivity contribution in [2.45, 2.75) is 20.8 Å². The van der Waals surface area contributed by atoms with Crippen LogP contribution in [-0.2, 0) is 4.79 Å². The van der Waals surface area contributed by atoms with Gasteiger partial charge in [-0.3, -0.25) is 10.2 Å². The predicted molar refractivity (Wildman–Crippen MR) is 142 cm³/mol. The van der Waals surface area contributed by atoms with Gasteiger partial charge >= 0.3 is 11.9 Å². The van der Waals surface area contributed by atoms with Gasteiger partial charge in [-0.15, -0.1) is 22.7 Å². The molecule has 0 radical (unpaired) electrons. The Kier molecular flexibility index (Phi) is 6.17. The van der Waals surface area contributed by atoms with E-state index in [4.69, 9.17) is 5.11 Å². The summed E-state index contributed by atoms with van der Waals surface area (Å²) in [6.07, 6.45) is 0. The number of rotatable bonds is 6. The molecule has 2 N–H and O–H groups in total. The van der Waals surface area contributed by atoms with Gasteiger partial charge in [-0.2, -0.15) is 15.2 Å². The molecule has 2 aromatic heterocycles. The van der Waals surface area contributed by atoms with Crippen LogP contribution in [0.4, 0.5) is 10.3 Å². The molecule has 5 rings (SSSR count). The highest BCUT2D eigenvalue weighted by Gasteiger charge is 2.36. The number of carbonyl (C=O) groups is 2. The maximum atomic E-state index is 13.4. The molecule has 0 aliphatic carbocycles. The summed E-state index contributed by atoms with van der Waals surface area (Å²) in [5.41, 5.74) is 7.79. The standard InChI is InChI=1S/C25H20N6O3S2/c1-13-4-6-17(7-5-13)20-21(28-29-24-26-14(2)15(3)36-24)22(32)31(30-20)25-27-19(12-35-25)16-8-10-18(11-9-16)23(33)34/h4-12H,1-3H3,(H,26,29)(H,33,34)/b28-21-. The van der Waals surface area contributed by atoms with Crippen LogP contribution >= 0.6 is 22.7 Å². The Balaban J connectivity index is 1.48. The minimum atomic E-state index is -0.996. The van der Waals surface area contributed by atoms with Crippen LogP contribution in [0.5, 0.6) is 0 Å². The first kappa shape index (κ1) is 23.5. The maximum absolute atomic E-state index is 13.4. The molecule has 0 saturated heterocycles. The topological polar surface area (TPSA) is 120 Å². The Morgan fingerprint density at radius 3 is 2.33 bits per heavy atom. The zero-order chi connectivity index (χ0) is 25.4. The Morgan fingerprint density at radius 1 is 1.00 bits per heavy atom. The molecule has 4 aromatic rings. The summed E-state index contributed by atoms with van der Waals surface area (Å²) >= 11 is 2.72. The highest BCUT2D eigenvalue weighted by atomic mass is 32.1. The summed E-state index contributed by atoms with van der Waals surface area (Å²) in [5, 5.41) is 22.1. The number of nitrogens with one attached hydrogen (secondary N) is 1. The first-order valence-electron chi connectivity index (χ1n) is 10.9. The number of nitrogens with zero attached hydrogens (tertiary/aromatic N) is 5. The molecule has 1 amide bonds. The average Bonchev–Trinajstić information content (AvgIpc) is 3.56. The first-order chi connectivity index (χ1) is 17.3. The normalized spacial score (nSPS) is 14.4. The van der Waals surface area contributed by atoms with Crippen LogP contribution in [0.3, 0.4) is 0 Å². The van der Waals surface area contributed by atoms with Crippen molar-refractivity contribution in [3.8, 4) is 11.3 Å². The molecule has 0 unspecified atom stereocenters. The lowest BCUT2D eigenvalue weighted by molar-refractivity contribution is -0.112. The number of carboxylic acid groups (broad SMARTS) is 1. The fourth-order valence-electron chi connectivity index (χ4n) is 3.43. The van der Waals surface area contributed by atoms with Crippen molar-refractivity contribution >= 4 is 56.2 Å². The van der Waals surface area contributed by atoms with Gasteiger partial charge in [0.25, 0.3) is 0 Å². The fourth-order valence-corrected chi connectivity index (χ4v) is 4.97. The third-order valence-corrected chi connectivity index (χ3v) is 7.33. The molecule has 0 atom stereocenters. The molecule has 0 bridgehead atoms. The van der Waals surface area contributed by atoms with Crippen LogP contribution in [0, 0.1) is 20.8 Å². The summed E-state index contributed by atoms with van der Waals surface area (Å²) in [5.74, 6) is -1.41. The lowest BCUT2D eigenvalue weighted by Crippen LogP contribution is -2.28. The number of anilines is 2. The molecule has 3 heterocycles. The Hall–Kier alpha value is -4.22. The highest BCUT2D eigenvalue weighted by molar-refractivity contribution is 7.15. The summed E-state index contributed by atoms with van der Waals surface area (Å²) < 4.78 is 0. The van der Waals surface area contributed by atoms with E-state index in [1.807, 2.05) is 45.0 Å². The van der Waals surface area contributed by atoms with Gasteiger partial charge < -0.3 is 5.11 Å². The number of aryl methyl sites for hydroxylation is 3. The van der Waals surface area contributed by atoms with Crippen molar-refractivity contribution in [2.75, 3.05) is 10.4 Å². The smallest absolute Gasteiger partial charge is 0.335 e. The molecule has 0 fully saturated rings. The summed E-state index contributed by atoms with van der Waals surface area (Å²) in [6.45, 7) is 5.88. The molecule has 9 nitrogen and oxygen atoms in total. The lowest BCUT2D eigenvalue weighted by Gasteiger charge is -2.06. The van der Waals surface area contributed by atoms with Crippen LogP contribution in [0.2, 0.25) is 0 Å². The van der Waals surface area contributed by atoms with Crippen molar-refractivity contribution in [1.29, 1.82) is 0 Å². The monoisotopic (exact) mass is 516 g/mol. The van der Waals surface area contributed by atoms with Gasteiger partial charge in [0, 0.05) is 21.4 Å². The number of carboxylic acids is 1. The number of benzene rings is 2. The van der Waals surface area contributed by atoms with Crippen molar-refractivity contribution in [1.82, 2.24) is 9.97 Å². The highest BCUT2D eigenvalue weighted by Crippen LogP contribution is 2.31. The number of hydrazone groups is 2. The summed E-state index contributed by atoms with van der Waals surface area (Å²) in [6, 6.07) is 14.1. The second-order valence-corrected chi connectivity index (χ2v) is 10.1. The first-order valence-corrected chi connectivity index (χ1v) is 12.6. The second-order valence-electron chi connectivity index (χ2n) is 8.06. The van der Waals surface area contributed by atoms with Crippen LogP contribution in [-0.4, -0.2) is 38.4 Å². The van der Waals surface area contributed by atoms with E-state index in [0.29, 0.717) is 21.7 Å².